The molecule has 0 radical (unpaired) electrons. The number of hydrogen-bond acceptors (Lipinski definition) is 6. The molecule has 0 saturated carbocycles. The van der Waals surface area contributed by atoms with E-state index in [1.807, 2.05) is 0 Å². The summed E-state index contributed by atoms with van der Waals surface area (Å²) in [5.74, 6) is 0. The van der Waals surface area contributed by atoms with Crippen molar-refractivity contribution in [2.45, 2.75) is 0 Å². The minimum Gasteiger partial charge on any atom is -0.354 e. The lowest BCUT2D eigenvalue weighted by molar-refractivity contribution is 1.32. The molecule has 0 amide bonds. The summed E-state index contributed by atoms with van der Waals surface area (Å²) >= 11 is 21.6. The van der Waals surface area contributed by atoms with Crippen LogP contribution in [0.4, 0.5) is 0 Å². The first kappa shape index (κ1) is 31.3. The molecule has 7 aromatic rings. The van der Waals surface area contributed by atoms with Crippen LogP contribution in [0.1, 0.15) is 22.8 Å². The standard InChI is InChI=1S/C36H18Br4N4S4/c37-17-9-29(45-13-17)33-21-1-2-22(41-21)34(30-10-18(38)14-46-30)24-5-6-26(43-24)36(32-12-20(40)16-48-32)28-8-7-27(44-28)35(25-4-3-23(33)42-25)31-11-19(39)15-47-31/h1-16,41,44H. The monoisotopic (exact) mass is 950 g/mol. The molecule has 2 N–H and O–H groups in total. The first-order chi connectivity index (χ1) is 23.4. The molecule has 0 fully saturated rings. The van der Waals surface area contributed by atoms with Gasteiger partial charge in [-0.1, -0.05) is 0 Å². The maximum Gasteiger partial charge on any atom is 0.0745 e. The molecule has 9 heterocycles. The lowest BCUT2D eigenvalue weighted by Crippen LogP contribution is -1.87. The van der Waals surface area contributed by atoms with Crippen LogP contribution in [0.2, 0.25) is 0 Å². The zero-order chi connectivity index (χ0) is 32.5. The molecular weight excluding hydrogens is 936 g/mol. The van der Waals surface area contributed by atoms with Crippen LogP contribution in [0.25, 0.3) is 88.1 Å². The van der Waals surface area contributed by atoms with Gasteiger partial charge >= 0.3 is 0 Å². The van der Waals surface area contributed by atoms with Crippen LogP contribution in [-0.2, 0) is 0 Å². The molecule has 0 aromatic carbocycles. The number of nitrogens with zero attached hydrogens (tertiary/aromatic N) is 2. The smallest absolute Gasteiger partial charge is 0.0745 e. The number of nitrogens with one attached hydrogen (secondary N) is 2. The summed E-state index contributed by atoms with van der Waals surface area (Å²) in [4.78, 5) is 22.8. The largest absolute Gasteiger partial charge is 0.354 e. The second kappa shape index (κ2) is 12.6. The van der Waals surface area contributed by atoms with Crippen molar-refractivity contribution in [2.24, 2.45) is 0 Å². The Kier molecular flexibility index (Phi) is 8.20. The van der Waals surface area contributed by atoms with E-state index in [9.17, 15) is 0 Å². The third-order valence-electron chi connectivity index (χ3n) is 8.01. The van der Waals surface area contributed by atoms with Gasteiger partial charge in [0.25, 0.3) is 0 Å². The van der Waals surface area contributed by atoms with Crippen LogP contribution in [-0.4, -0.2) is 19.9 Å². The number of halogens is 4. The first-order valence-electron chi connectivity index (χ1n) is 14.5. The third-order valence-corrected chi connectivity index (χ3v) is 14.8. The number of fused-ring (bicyclic) bond motifs is 8. The molecule has 7 aromatic heterocycles. The van der Waals surface area contributed by atoms with E-state index in [0.29, 0.717) is 0 Å². The highest BCUT2D eigenvalue weighted by atomic mass is 79.9. The summed E-state index contributed by atoms with van der Waals surface area (Å²) in [7, 11) is 0. The van der Waals surface area contributed by atoms with Crippen LogP contribution in [0.15, 0.2) is 87.9 Å². The Balaban J connectivity index is 1.48. The Labute approximate surface area is 324 Å². The van der Waals surface area contributed by atoms with Crippen molar-refractivity contribution in [3.63, 3.8) is 0 Å². The van der Waals surface area contributed by atoms with Gasteiger partial charge in [-0.2, -0.15) is 0 Å². The van der Waals surface area contributed by atoms with E-state index in [4.69, 9.17) is 9.97 Å². The minimum absolute atomic E-state index is 0.907. The summed E-state index contributed by atoms with van der Waals surface area (Å²) in [5.41, 5.74) is 11.8. The van der Waals surface area contributed by atoms with Gasteiger partial charge in [-0.3, -0.25) is 0 Å². The van der Waals surface area contributed by atoms with Gasteiger partial charge in [-0.05, 0) is 137 Å². The maximum absolute atomic E-state index is 5.35. The van der Waals surface area contributed by atoms with E-state index in [-0.39, 0.29) is 0 Å². The second-order valence-corrected chi connectivity index (χ2v) is 18.3. The van der Waals surface area contributed by atoms with Gasteiger partial charge in [0.15, 0.2) is 0 Å². The molecule has 12 heteroatoms. The molecule has 2 aliphatic heterocycles. The Morgan fingerprint density at radius 3 is 0.854 bits per heavy atom. The molecule has 0 aliphatic carbocycles. The molecular formula is C36H18Br4N4S4. The highest BCUT2D eigenvalue weighted by Crippen LogP contribution is 2.43. The normalized spacial score (nSPS) is 12.4. The zero-order valence-corrected chi connectivity index (χ0v) is 33.9. The van der Waals surface area contributed by atoms with Crippen LogP contribution in [0, 0.1) is 0 Å². The van der Waals surface area contributed by atoms with Gasteiger partial charge in [0.2, 0.25) is 0 Å². The van der Waals surface area contributed by atoms with Crippen LogP contribution in [0.5, 0.6) is 0 Å². The predicted molar refractivity (Wildman–Crippen MR) is 223 cm³/mol. The quantitative estimate of drug-likeness (QED) is 0.185. The fourth-order valence-corrected chi connectivity index (χ4v) is 12.0. The molecule has 9 rings (SSSR count). The Bertz CT molecular complexity index is 2290. The van der Waals surface area contributed by atoms with Crippen molar-refractivity contribution in [2.75, 3.05) is 0 Å². The SMILES string of the molecule is Brc1csc(-c2c3nc(c(-c4cc(Br)cs4)c4ccc([nH]4)c(-c4cc(Br)cs4)c4nc(c(-c5cc(Br)cs5)c5ccc2[nH]5)C=C4)C=C3)c1. The summed E-state index contributed by atoms with van der Waals surface area (Å²) in [6.07, 6.45) is 8.54. The third kappa shape index (κ3) is 5.64. The summed E-state index contributed by atoms with van der Waals surface area (Å²) < 4.78 is 4.18. The molecule has 234 valence electrons. The van der Waals surface area contributed by atoms with Crippen molar-refractivity contribution in [3.05, 3.63) is 111 Å². The predicted octanol–water partition coefficient (Wildman–Crippen LogP) is 14.6. The van der Waals surface area contributed by atoms with E-state index in [0.717, 1.165) is 104 Å². The van der Waals surface area contributed by atoms with Crippen molar-refractivity contribution >= 4 is 155 Å². The summed E-state index contributed by atoms with van der Waals surface area (Å²) in [6, 6.07) is 17.3. The van der Waals surface area contributed by atoms with E-state index >= 15 is 0 Å². The first-order valence-corrected chi connectivity index (χ1v) is 21.2. The number of hydrogen-bond donors (Lipinski definition) is 2. The van der Waals surface area contributed by atoms with Gasteiger partial charge in [0.1, 0.15) is 0 Å². The average molecular weight is 954 g/mol. The lowest BCUT2D eigenvalue weighted by Gasteiger charge is -2.03. The van der Waals surface area contributed by atoms with Crippen molar-refractivity contribution in [1.82, 2.24) is 19.9 Å². The second-order valence-electron chi connectivity index (χ2n) is 11.0. The van der Waals surface area contributed by atoms with Crippen molar-refractivity contribution in [3.8, 4) is 41.8 Å². The van der Waals surface area contributed by atoms with Gasteiger partial charge in [0, 0.05) is 103 Å². The Morgan fingerprint density at radius 1 is 0.396 bits per heavy atom. The molecule has 2 aliphatic rings. The zero-order valence-electron chi connectivity index (χ0n) is 24.3. The lowest BCUT2D eigenvalue weighted by atomic mass is 10.1. The molecule has 0 atom stereocenters. The van der Waals surface area contributed by atoms with Crippen LogP contribution >= 0.6 is 109 Å². The van der Waals surface area contributed by atoms with Crippen molar-refractivity contribution in [1.29, 1.82) is 0 Å². The van der Waals surface area contributed by atoms with E-state index < -0.39 is 0 Å². The van der Waals surface area contributed by atoms with E-state index in [1.54, 1.807) is 45.3 Å². The molecule has 48 heavy (non-hydrogen) atoms. The fraction of sp³-hybridized carbons (Fsp3) is 0. The van der Waals surface area contributed by atoms with E-state index in [2.05, 4.69) is 168 Å². The topological polar surface area (TPSA) is 57.4 Å². The van der Waals surface area contributed by atoms with Gasteiger partial charge in [0.05, 0.1) is 22.8 Å². The molecule has 8 bridgehead atoms. The highest BCUT2D eigenvalue weighted by Gasteiger charge is 2.20. The average Bonchev–Trinajstić information content (AvgIpc) is 3.89. The van der Waals surface area contributed by atoms with Gasteiger partial charge in [-0.15, -0.1) is 45.3 Å². The number of aromatic amines is 2. The van der Waals surface area contributed by atoms with Gasteiger partial charge in [-0.25, -0.2) is 9.97 Å². The Morgan fingerprint density at radius 2 is 0.646 bits per heavy atom. The number of H-pyrrole nitrogens is 2. The van der Waals surface area contributed by atoms with Crippen LogP contribution < -0.4 is 0 Å². The molecule has 4 nitrogen and oxygen atoms in total. The number of aromatic nitrogens is 4. The molecule has 0 unspecified atom stereocenters. The summed E-state index contributed by atoms with van der Waals surface area (Å²) in [6.45, 7) is 0. The van der Waals surface area contributed by atoms with Crippen molar-refractivity contribution < 1.29 is 0 Å². The highest BCUT2D eigenvalue weighted by molar-refractivity contribution is 9.11. The summed E-state index contributed by atoms with van der Waals surface area (Å²) in [5, 5.41) is 8.47. The number of thiophene rings is 4. The molecule has 0 saturated heterocycles. The van der Waals surface area contributed by atoms with E-state index in [1.165, 1.54) is 0 Å². The Hall–Kier alpha value is -2.68. The van der Waals surface area contributed by atoms with Crippen LogP contribution in [0.3, 0.4) is 0 Å². The van der Waals surface area contributed by atoms with Gasteiger partial charge < -0.3 is 9.97 Å². The minimum atomic E-state index is 0.907. The number of rotatable bonds is 4. The fourth-order valence-electron chi connectivity index (χ4n) is 6.02. The maximum atomic E-state index is 5.35. The molecule has 0 spiro atoms.